The summed E-state index contributed by atoms with van der Waals surface area (Å²) in [6, 6.07) is 3.50. The van der Waals surface area contributed by atoms with Gasteiger partial charge in [-0.2, -0.15) is 10.2 Å². The van der Waals surface area contributed by atoms with E-state index < -0.39 is 0 Å². The lowest BCUT2D eigenvalue weighted by Gasteiger charge is -2.09. The number of nitrogens with zero attached hydrogens (tertiary/aromatic N) is 4. The van der Waals surface area contributed by atoms with Crippen molar-refractivity contribution in [3.63, 3.8) is 0 Å². The number of carbonyl (C=O) groups excluding carboxylic acids is 1. The Bertz CT molecular complexity index is 901. The smallest absolute Gasteiger partial charge is 0.287 e. The standard InChI is InChI=1S/C17H21N5O3/c1-11-16-14(21(2)20-11)9-19-22(16)10-13-5-6-15(25-13)17(23)18-8-12-4-3-7-24-12/h5-6,9,12H,3-4,7-8,10H2,1-2H3,(H,18,23)/t12-/m0/s1. The number of carbonyl (C=O) groups is 1. The van der Waals surface area contributed by atoms with Crippen molar-refractivity contribution in [2.24, 2.45) is 7.05 Å². The molecule has 132 valence electrons. The molecule has 4 heterocycles. The average molecular weight is 343 g/mol. The highest BCUT2D eigenvalue weighted by Crippen LogP contribution is 2.19. The summed E-state index contributed by atoms with van der Waals surface area (Å²) in [5, 5.41) is 11.7. The first-order chi connectivity index (χ1) is 12.1. The van der Waals surface area contributed by atoms with Crippen LogP contribution in [0.2, 0.25) is 0 Å². The largest absolute Gasteiger partial charge is 0.454 e. The molecular formula is C17H21N5O3. The number of nitrogens with one attached hydrogen (secondary N) is 1. The third-order valence-electron chi connectivity index (χ3n) is 4.52. The van der Waals surface area contributed by atoms with Crippen LogP contribution in [0.3, 0.4) is 0 Å². The lowest BCUT2D eigenvalue weighted by molar-refractivity contribution is 0.0833. The van der Waals surface area contributed by atoms with Gasteiger partial charge in [-0.3, -0.25) is 14.2 Å². The molecule has 1 fully saturated rings. The van der Waals surface area contributed by atoms with Gasteiger partial charge in [-0.1, -0.05) is 0 Å². The number of aromatic nitrogens is 4. The van der Waals surface area contributed by atoms with Crippen LogP contribution in [-0.2, 0) is 18.3 Å². The van der Waals surface area contributed by atoms with Gasteiger partial charge in [-0.15, -0.1) is 0 Å². The van der Waals surface area contributed by atoms with E-state index in [0.717, 1.165) is 36.2 Å². The lowest BCUT2D eigenvalue weighted by Crippen LogP contribution is -2.31. The van der Waals surface area contributed by atoms with Crippen molar-refractivity contribution in [2.75, 3.05) is 13.2 Å². The molecule has 3 aromatic heterocycles. The Kier molecular flexibility index (Phi) is 4.04. The van der Waals surface area contributed by atoms with Crippen LogP contribution in [0.25, 0.3) is 11.0 Å². The predicted molar refractivity (Wildman–Crippen MR) is 90.4 cm³/mol. The lowest BCUT2D eigenvalue weighted by atomic mass is 10.2. The molecule has 0 aliphatic carbocycles. The molecule has 0 saturated carbocycles. The van der Waals surface area contributed by atoms with Crippen molar-refractivity contribution in [2.45, 2.75) is 32.4 Å². The first kappa shape index (κ1) is 15.9. The monoisotopic (exact) mass is 343 g/mol. The molecule has 8 heteroatoms. The molecule has 1 N–H and O–H groups in total. The van der Waals surface area contributed by atoms with Crippen molar-refractivity contribution < 1.29 is 13.9 Å². The Balaban J connectivity index is 1.44. The molecule has 0 radical (unpaired) electrons. The molecule has 0 bridgehead atoms. The van der Waals surface area contributed by atoms with Crippen molar-refractivity contribution in [1.29, 1.82) is 0 Å². The minimum Gasteiger partial charge on any atom is -0.454 e. The molecule has 0 aromatic carbocycles. The molecule has 1 aliphatic rings. The fourth-order valence-corrected chi connectivity index (χ4v) is 3.26. The number of ether oxygens (including phenoxy) is 1. The van der Waals surface area contributed by atoms with E-state index in [1.807, 2.05) is 18.7 Å². The van der Waals surface area contributed by atoms with Gasteiger partial charge in [0.15, 0.2) is 5.76 Å². The van der Waals surface area contributed by atoms with Gasteiger partial charge in [0.2, 0.25) is 0 Å². The summed E-state index contributed by atoms with van der Waals surface area (Å²) in [4.78, 5) is 12.2. The van der Waals surface area contributed by atoms with Crippen LogP contribution in [0.4, 0.5) is 0 Å². The zero-order valence-electron chi connectivity index (χ0n) is 14.4. The molecule has 0 unspecified atom stereocenters. The van der Waals surface area contributed by atoms with Crippen LogP contribution >= 0.6 is 0 Å². The van der Waals surface area contributed by atoms with Crippen molar-refractivity contribution in [1.82, 2.24) is 24.9 Å². The Morgan fingerprint density at radius 1 is 1.44 bits per heavy atom. The van der Waals surface area contributed by atoms with E-state index in [1.165, 1.54) is 0 Å². The summed E-state index contributed by atoms with van der Waals surface area (Å²) in [5.41, 5.74) is 2.86. The number of rotatable bonds is 5. The summed E-state index contributed by atoms with van der Waals surface area (Å²) in [6.07, 6.45) is 3.94. The van der Waals surface area contributed by atoms with E-state index in [4.69, 9.17) is 9.15 Å². The highest BCUT2D eigenvalue weighted by atomic mass is 16.5. The van der Waals surface area contributed by atoms with E-state index in [0.29, 0.717) is 24.6 Å². The van der Waals surface area contributed by atoms with Crippen LogP contribution < -0.4 is 5.32 Å². The Morgan fingerprint density at radius 3 is 3.12 bits per heavy atom. The van der Waals surface area contributed by atoms with Gasteiger partial charge in [0, 0.05) is 20.2 Å². The summed E-state index contributed by atoms with van der Waals surface area (Å²) in [6.45, 7) is 3.70. The van der Waals surface area contributed by atoms with Crippen LogP contribution in [-0.4, -0.2) is 44.7 Å². The van der Waals surface area contributed by atoms with E-state index in [2.05, 4.69) is 15.5 Å². The minimum atomic E-state index is -0.218. The van der Waals surface area contributed by atoms with Crippen LogP contribution in [0.5, 0.6) is 0 Å². The molecule has 1 aliphatic heterocycles. The summed E-state index contributed by atoms with van der Waals surface area (Å²) >= 11 is 0. The normalized spacial score (nSPS) is 17.4. The fourth-order valence-electron chi connectivity index (χ4n) is 3.26. The summed E-state index contributed by atoms with van der Waals surface area (Å²) < 4.78 is 14.8. The molecule has 3 aromatic rings. The van der Waals surface area contributed by atoms with Crippen molar-refractivity contribution >= 4 is 16.9 Å². The molecular weight excluding hydrogens is 322 g/mol. The van der Waals surface area contributed by atoms with Gasteiger partial charge >= 0.3 is 0 Å². The maximum Gasteiger partial charge on any atom is 0.287 e. The Morgan fingerprint density at radius 2 is 2.32 bits per heavy atom. The van der Waals surface area contributed by atoms with Crippen LogP contribution in [0.15, 0.2) is 22.7 Å². The maximum absolute atomic E-state index is 12.2. The zero-order chi connectivity index (χ0) is 17.4. The van der Waals surface area contributed by atoms with E-state index in [1.54, 1.807) is 23.0 Å². The summed E-state index contributed by atoms with van der Waals surface area (Å²) in [5.74, 6) is 0.764. The Labute approximate surface area is 144 Å². The van der Waals surface area contributed by atoms with Crippen molar-refractivity contribution in [3.8, 4) is 0 Å². The molecule has 4 rings (SSSR count). The Hall–Kier alpha value is -2.61. The number of hydrogen-bond donors (Lipinski definition) is 1. The second kappa shape index (κ2) is 6.36. The third-order valence-corrected chi connectivity index (χ3v) is 4.52. The molecule has 0 spiro atoms. The van der Waals surface area contributed by atoms with Gasteiger partial charge in [-0.25, -0.2) is 0 Å². The highest BCUT2D eigenvalue weighted by Gasteiger charge is 2.19. The second-order valence-electron chi connectivity index (χ2n) is 6.36. The number of furan rings is 1. The van der Waals surface area contributed by atoms with E-state index >= 15 is 0 Å². The van der Waals surface area contributed by atoms with E-state index in [-0.39, 0.29) is 12.0 Å². The first-order valence-corrected chi connectivity index (χ1v) is 8.45. The van der Waals surface area contributed by atoms with Gasteiger partial charge < -0.3 is 14.5 Å². The van der Waals surface area contributed by atoms with Gasteiger partial charge in [0.25, 0.3) is 5.91 Å². The SMILES string of the molecule is Cc1nn(C)c2cnn(Cc3ccc(C(=O)NC[C@@H]4CCCO4)o3)c12. The zero-order valence-corrected chi connectivity index (χ0v) is 14.4. The average Bonchev–Trinajstić information content (AvgIpc) is 3.35. The maximum atomic E-state index is 12.2. The molecule has 1 amide bonds. The van der Waals surface area contributed by atoms with Gasteiger partial charge in [0.1, 0.15) is 16.8 Å². The van der Waals surface area contributed by atoms with Crippen LogP contribution in [0.1, 0.15) is 34.9 Å². The van der Waals surface area contributed by atoms with Crippen LogP contribution in [0, 0.1) is 6.92 Å². The molecule has 1 atom stereocenters. The number of fused-ring (bicyclic) bond motifs is 1. The minimum absolute atomic E-state index is 0.115. The molecule has 25 heavy (non-hydrogen) atoms. The topological polar surface area (TPSA) is 87.1 Å². The predicted octanol–water partition coefficient (Wildman–Crippen LogP) is 1.63. The molecule has 1 saturated heterocycles. The quantitative estimate of drug-likeness (QED) is 0.761. The number of aryl methyl sites for hydroxylation is 2. The fraction of sp³-hybridized carbons (Fsp3) is 0.471. The summed E-state index contributed by atoms with van der Waals surface area (Å²) in [7, 11) is 1.89. The first-order valence-electron chi connectivity index (χ1n) is 8.45. The van der Waals surface area contributed by atoms with Gasteiger partial charge in [0.05, 0.1) is 24.5 Å². The second-order valence-corrected chi connectivity index (χ2v) is 6.36. The van der Waals surface area contributed by atoms with E-state index in [9.17, 15) is 4.79 Å². The molecule has 8 nitrogen and oxygen atoms in total. The number of hydrogen-bond acceptors (Lipinski definition) is 5. The third kappa shape index (κ3) is 3.05. The number of amides is 1. The highest BCUT2D eigenvalue weighted by molar-refractivity contribution is 5.91. The van der Waals surface area contributed by atoms with Crippen molar-refractivity contribution in [3.05, 3.63) is 35.5 Å². The van der Waals surface area contributed by atoms with Gasteiger partial charge in [-0.05, 0) is 31.9 Å².